The fraction of sp³-hybridized carbons (Fsp3) is 0.176. The van der Waals surface area contributed by atoms with Gasteiger partial charge in [0, 0.05) is 10.9 Å². The van der Waals surface area contributed by atoms with E-state index in [1.54, 1.807) is 20.3 Å². The number of carbonyl (C=O) groups excluding carboxylic acids is 1. The lowest BCUT2D eigenvalue weighted by Crippen LogP contribution is -2.15. The number of anilines is 1. The lowest BCUT2D eigenvalue weighted by molar-refractivity contribution is 0.102. The Balaban J connectivity index is 1.81. The van der Waals surface area contributed by atoms with Crippen LogP contribution in [-0.4, -0.2) is 41.3 Å². The lowest BCUT2D eigenvalue weighted by atomic mass is 10.1. The number of nitrogens with zero attached hydrogens (tertiary/aromatic N) is 3. The van der Waals surface area contributed by atoms with Gasteiger partial charge >= 0.3 is 0 Å². The molecule has 2 heterocycles. The topological polar surface area (TPSA) is 86.2 Å². The summed E-state index contributed by atoms with van der Waals surface area (Å²) >= 11 is 8.67. The second-order valence-corrected chi connectivity index (χ2v) is 7.15. The largest absolute Gasteiger partial charge is 0.493 e. The maximum absolute atomic E-state index is 12.5. The summed E-state index contributed by atoms with van der Waals surface area (Å²) in [7, 11) is 3.15. The molecule has 2 aromatic heterocycles. The van der Waals surface area contributed by atoms with Gasteiger partial charge in [-0.3, -0.25) is 10.1 Å². The molecule has 0 aliphatic carbocycles. The van der Waals surface area contributed by atoms with E-state index in [4.69, 9.17) is 21.1 Å². The number of methoxy groups -OCH3 is 2. The molecule has 0 unspecified atom stereocenters. The van der Waals surface area contributed by atoms with Crippen molar-refractivity contribution in [1.29, 1.82) is 0 Å². The average molecular weight is 423 g/mol. The lowest BCUT2D eigenvalue weighted by Gasteiger charge is -2.08. The summed E-state index contributed by atoms with van der Waals surface area (Å²) in [6.45, 7) is 0. The second-order valence-electron chi connectivity index (χ2n) is 5.12. The van der Waals surface area contributed by atoms with Crippen LogP contribution in [0.1, 0.15) is 10.5 Å². The highest BCUT2D eigenvalue weighted by molar-refractivity contribution is 7.98. The van der Waals surface area contributed by atoms with Crippen molar-refractivity contribution in [3.8, 4) is 22.8 Å². The van der Waals surface area contributed by atoms with Crippen molar-refractivity contribution in [2.75, 3.05) is 25.8 Å². The van der Waals surface area contributed by atoms with Crippen LogP contribution < -0.4 is 14.8 Å². The van der Waals surface area contributed by atoms with E-state index in [0.717, 1.165) is 5.56 Å². The summed E-state index contributed by atoms with van der Waals surface area (Å²) in [6, 6.07) is 5.50. The van der Waals surface area contributed by atoms with Crippen LogP contribution in [0.2, 0.25) is 5.02 Å². The Morgan fingerprint density at radius 1 is 1.22 bits per heavy atom. The molecule has 1 amide bonds. The number of halogens is 1. The van der Waals surface area contributed by atoms with Gasteiger partial charge in [-0.1, -0.05) is 23.4 Å². The van der Waals surface area contributed by atoms with Gasteiger partial charge in [-0.15, -0.1) is 11.3 Å². The number of nitrogens with one attached hydrogen (secondary N) is 1. The average Bonchev–Trinajstić information content (AvgIpc) is 3.16. The molecule has 7 nitrogen and oxygen atoms in total. The third kappa shape index (κ3) is 4.32. The molecule has 1 aromatic carbocycles. The van der Waals surface area contributed by atoms with Gasteiger partial charge in [0.25, 0.3) is 5.91 Å². The highest BCUT2D eigenvalue weighted by Crippen LogP contribution is 2.33. The molecule has 3 rings (SSSR count). The molecular formula is C17H15ClN4O3S2. The van der Waals surface area contributed by atoms with Gasteiger partial charge in [-0.05, 0) is 24.5 Å². The molecule has 3 aromatic rings. The van der Waals surface area contributed by atoms with E-state index in [0.29, 0.717) is 27.5 Å². The molecule has 0 aliphatic rings. The van der Waals surface area contributed by atoms with Crippen LogP contribution >= 0.6 is 34.7 Å². The summed E-state index contributed by atoms with van der Waals surface area (Å²) in [5, 5.41) is 5.64. The summed E-state index contributed by atoms with van der Waals surface area (Å²) in [5.41, 5.74) is 1.66. The van der Waals surface area contributed by atoms with Crippen LogP contribution in [0.25, 0.3) is 11.3 Å². The monoisotopic (exact) mass is 422 g/mol. The fourth-order valence-corrected chi connectivity index (χ4v) is 3.46. The number of aromatic nitrogens is 3. The van der Waals surface area contributed by atoms with Crippen LogP contribution in [0.15, 0.2) is 34.9 Å². The molecule has 0 radical (unpaired) electrons. The van der Waals surface area contributed by atoms with E-state index in [9.17, 15) is 4.79 Å². The molecule has 0 aliphatic heterocycles. The number of carbonyl (C=O) groups is 1. The molecule has 27 heavy (non-hydrogen) atoms. The quantitative estimate of drug-likeness (QED) is 0.469. The third-order valence-corrected chi connectivity index (χ3v) is 5.12. The van der Waals surface area contributed by atoms with E-state index in [1.165, 1.54) is 29.3 Å². The standard InChI is InChI=1S/C17H15ClN4O3S2/c1-24-12-5-4-9(6-13(12)25-2)11-8-27-17(20-11)22-15(23)14-10(18)7-19-16(21-14)26-3/h4-8H,1-3H3,(H,20,22,23). The summed E-state index contributed by atoms with van der Waals surface area (Å²) in [6.07, 6.45) is 3.23. The summed E-state index contributed by atoms with van der Waals surface area (Å²) in [5.74, 6) is 0.796. The molecule has 0 saturated carbocycles. The normalized spacial score (nSPS) is 10.5. The van der Waals surface area contributed by atoms with Crippen LogP contribution in [0.5, 0.6) is 11.5 Å². The van der Waals surface area contributed by atoms with Crippen molar-refractivity contribution >= 4 is 45.7 Å². The van der Waals surface area contributed by atoms with E-state index >= 15 is 0 Å². The minimum Gasteiger partial charge on any atom is -0.493 e. The van der Waals surface area contributed by atoms with Crippen LogP contribution in [0, 0.1) is 0 Å². The Morgan fingerprint density at radius 2 is 2.00 bits per heavy atom. The Labute approximate surface area is 169 Å². The number of hydrogen-bond acceptors (Lipinski definition) is 8. The van der Waals surface area contributed by atoms with E-state index < -0.39 is 5.91 Å². The van der Waals surface area contributed by atoms with E-state index in [1.807, 2.05) is 23.8 Å². The molecule has 10 heteroatoms. The molecule has 0 saturated heterocycles. The first-order chi connectivity index (χ1) is 13.0. The Bertz CT molecular complexity index is 981. The maximum Gasteiger partial charge on any atom is 0.277 e. The van der Waals surface area contributed by atoms with Gasteiger partial charge in [-0.2, -0.15) is 0 Å². The van der Waals surface area contributed by atoms with Gasteiger partial charge in [0.1, 0.15) is 0 Å². The summed E-state index contributed by atoms with van der Waals surface area (Å²) in [4.78, 5) is 25.1. The number of thioether (sulfide) groups is 1. The van der Waals surface area contributed by atoms with Gasteiger partial charge < -0.3 is 9.47 Å². The van der Waals surface area contributed by atoms with Crippen molar-refractivity contribution in [3.05, 3.63) is 40.5 Å². The SMILES string of the molecule is COc1ccc(-c2csc(NC(=O)c3nc(SC)ncc3Cl)n2)cc1OC. The number of ether oxygens (including phenoxy) is 2. The molecule has 1 N–H and O–H groups in total. The smallest absolute Gasteiger partial charge is 0.277 e. The second kappa shape index (κ2) is 8.55. The van der Waals surface area contributed by atoms with E-state index in [-0.39, 0.29) is 10.7 Å². The third-order valence-electron chi connectivity index (χ3n) is 3.52. The first-order valence-corrected chi connectivity index (χ1v) is 10.1. The van der Waals surface area contributed by atoms with Gasteiger partial charge in [0.2, 0.25) is 0 Å². The summed E-state index contributed by atoms with van der Waals surface area (Å²) < 4.78 is 10.6. The van der Waals surface area contributed by atoms with Crippen LogP contribution in [0.3, 0.4) is 0 Å². The number of amides is 1. The Kier molecular flexibility index (Phi) is 6.15. The highest BCUT2D eigenvalue weighted by Gasteiger charge is 2.16. The minimum atomic E-state index is -0.439. The zero-order chi connectivity index (χ0) is 19.4. The molecule has 0 atom stereocenters. The van der Waals surface area contributed by atoms with Crippen molar-refractivity contribution in [2.45, 2.75) is 5.16 Å². The van der Waals surface area contributed by atoms with Crippen molar-refractivity contribution in [2.24, 2.45) is 0 Å². The number of thiazole rings is 1. The van der Waals surface area contributed by atoms with Crippen molar-refractivity contribution < 1.29 is 14.3 Å². The molecule has 140 valence electrons. The van der Waals surface area contributed by atoms with Crippen LogP contribution in [-0.2, 0) is 0 Å². The first kappa shape index (κ1) is 19.4. The predicted molar refractivity (Wildman–Crippen MR) is 107 cm³/mol. The highest BCUT2D eigenvalue weighted by atomic mass is 35.5. The molecule has 0 fully saturated rings. The number of benzene rings is 1. The molecule has 0 spiro atoms. The molecule has 0 bridgehead atoms. The Hall–Kier alpha value is -2.36. The first-order valence-electron chi connectivity index (χ1n) is 7.61. The zero-order valence-corrected chi connectivity index (χ0v) is 17.0. The van der Waals surface area contributed by atoms with Gasteiger partial charge in [0.15, 0.2) is 27.5 Å². The Morgan fingerprint density at radius 3 is 2.70 bits per heavy atom. The van der Waals surface area contributed by atoms with Crippen molar-refractivity contribution in [3.63, 3.8) is 0 Å². The maximum atomic E-state index is 12.5. The zero-order valence-electron chi connectivity index (χ0n) is 14.6. The number of hydrogen-bond donors (Lipinski definition) is 1. The van der Waals surface area contributed by atoms with Crippen LogP contribution in [0.4, 0.5) is 5.13 Å². The van der Waals surface area contributed by atoms with E-state index in [2.05, 4.69) is 20.3 Å². The van der Waals surface area contributed by atoms with Gasteiger partial charge in [-0.25, -0.2) is 15.0 Å². The minimum absolute atomic E-state index is 0.110. The number of rotatable bonds is 6. The molecular weight excluding hydrogens is 408 g/mol. The van der Waals surface area contributed by atoms with Crippen molar-refractivity contribution in [1.82, 2.24) is 15.0 Å². The fourth-order valence-electron chi connectivity index (χ4n) is 2.22. The predicted octanol–water partition coefficient (Wildman–Crippen LogP) is 4.24. The van der Waals surface area contributed by atoms with Gasteiger partial charge in [0.05, 0.1) is 31.1 Å².